The zero-order valence-corrected chi connectivity index (χ0v) is 13.5. The van der Waals surface area contributed by atoms with E-state index in [-0.39, 0.29) is 5.91 Å². The summed E-state index contributed by atoms with van der Waals surface area (Å²) in [5.74, 6) is 0.917. The van der Waals surface area contributed by atoms with Gasteiger partial charge in [0, 0.05) is 11.3 Å². The van der Waals surface area contributed by atoms with E-state index in [4.69, 9.17) is 9.47 Å². The number of anilines is 1. The van der Waals surface area contributed by atoms with Crippen molar-refractivity contribution in [1.82, 2.24) is 0 Å². The highest BCUT2D eigenvalue weighted by Gasteiger charge is 2.12. The number of nitrogens with one attached hydrogen (secondary N) is 1. The van der Waals surface area contributed by atoms with E-state index in [0.29, 0.717) is 23.7 Å². The summed E-state index contributed by atoms with van der Waals surface area (Å²) in [5, 5.41) is 2.94. The molecule has 23 heavy (non-hydrogen) atoms. The summed E-state index contributed by atoms with van der Waals surface area (Å²) in [6, 6.07) is 12.9. The smallest absolute Gasteiger partial charge is 0.255 e. The Morgan fingerprint density at radius 1 is 1.22 bits per heavy atom. The summed E-state index contributed by atoms with van der Waals surface area (Å²) in [4.78, 5) is 12.5. The third-order valence-electron chi connectivity index (χ3n) is 3.43. The molecule has 0 bridgehead atoms. The molecule has 120 valence electrons. The van der Waals surface area contributed by atoms with E-state index in [9.17, 15) is 4.79 Å². The van der Waals surface area contributed by atoms with Gasteiger partial charge in [-0.2, -0.15) is 0 Å². The van der Waals surface area contributed by atoms with Gasteiger partial charge >= 0.3 is 0 Å². The summed E-state index contributed by atoms with van der Waals surface area (Å²) in [6.07, 6.45) is 2.51. The van der Waals surface area contributed by atoms with Crippen LogP contribution < -0.4 is 14.8 Å². The van der Waals surface area contributed by atoms with Gasteiger partial charge in [-0.1, -0.05) is 37.8 Å². The first-order chi connectivity index (χ1) is 11.2. The highest BCUT2D eigenvalue weighted by atomic mass is 16.5. The van der Waals surface area contributed by atoms with Gasteiger partial charge in [-0.05, 0) is 36.2 Å². The molecule has 4 heteroatoms. The predicted molar refractivity (Wildman–Crippen MR) is 92.5 cm³/mol. The van der Waals surface area contributed by atoms with Crippen molar-refractivity contribution < 1.29 is 14.3 Å². The van der Waals surface area contributed by atoms with E-state index in [1.165, 1.54) is 0 Å². The molecule has 0 aromatic heterocycles. The largest absolute Gasteiger partial charge is 0.493 e. The standard InChI is InChI=1S/C19H21NO3/c1-4-12-23-17-11-10-15(13-18(17)22-3)19(21)20-16-9-7-6-8-14(16)5-2/h4,6-11,13H,1,5,12H2,2-3H3,(H,20,21). The number of carbonyl (C=O) groups is 1. The summed E-state index contributed by atoms with van der Waals surface area (Å²) >= 11 is 0. The molecule has 0 aliphatic rings. The molecule has 0 aliphatic heterocycles. The number of carbonyl (C=O) groups excluding carboxylic acids is 1. The van der Waals surface area contributed by atoms with E-state index in [1.54, 1.807) is 31.4 Å². The van der Waals surface area contributed by atoms with Crippen LogP contribution in [0, 0.1) is 0 Å². The molecule has 0 aliphatic carbocycles. The quantitative estimate of drug-likeness (QED) is 0.784. The summed E-state index contributed by atoms with van der Waals surface area (Å²) < 4.78 is 10.8. The molecule has 0 radical (unpaired) electrons. The molecule has 0 spiro atoms. The SMILES string of the molecule is C=CCOc1ccc(C(=O)Nc2ccccc2CC)cc1OC. The van der Waals surface area contributed by atoms with Crippen molar-refractivity contribution in [2.75, 3.05) is 19.0 Å². The van der Waals surface area contributed by atoms with Gasteiger partial charge in [0.1, 0.15) is 6.61 Å². The van der Waals surface area contributed by atoms with Crippen molar-refractivity contribution in [3.8, 4) is 11.5 Å². The van der Waals surface area contributed by atoms with E-state index in [0.717, 1.165) is 17.7 Å². The van der Waals surface area contributed by atoms with Crippen molar-refractivity contribution in [1.29, 1.82) is 0 Å². The average Bonchev–Trinajstić information content (AvgIpc) is 2.60. The molecule has 1 N–H and O–H groups in total. The highest BCUT2D eigenvalue weighted by Crippen LogP contribution is 2.28. The van der Waals surface area contributed by atoms with Crippen molar-refractivity contribution >= 4 is 11.6 Å². The third kappa shape index (κ3) is 4.13. The first-order valence-electron chi connectivity index (χ1n) is 7.50. The maximum Gasteiger partial charge on any atom is 0.255 e. The van der Waals surface area contributed by atoms with Gasteiger partial charge in [0.2, 0.25) is 0 Å². The number of methoxy groups -OCH3 is 1. The molecule has 2 rings (SSSR count). The number of aryl methyl sites for hydroxylation is 1. The molecular weight excluding hydrogens is 290 g/mol. The molecule has 1 amide bonds. The van der Waals surface area contributed by atoms with Gasteiger partial charge in [0.05, 0.1) is 7.11 Å². The second-order valence-electron chi connectivity index (χ2n) is 4.93. The van der Waals surface area contributed by atoms with E-state index < -0.39 is 0 Å². The van der Waals surface area contributed by atoms with Crippen LogP contribution in [0.2, 0.25) is 0 Å². The Morgan fingerprint density at radius 2 is 2.00 bits per heavy atom. The average molecular weight is 311 g/mol. The molecule has 0 saturated heterocycles. The lowest BCUT2D eigenvalue weighted by Gasteiger charge is -2.12. The molecule has 4 nitrogen and oxygen atoms in total. The van der Waals surface area contributed by atoms with Crippen molar-refractivity contribution in [2.45, 2.75) is 13.3 Å². The molecule has 2 aromatic rings. The van der Waals surface area contributed by atoms with Crippen LogP contribution in [-0.2, 0) is 6.42 Å². The molecular formula is C19H21NO3. The Labute approximate surface area is 136 Å². The number of rotatable bonds is 7. The lowest BCUT2D eigenvalue weighted by atomic mass is 10.1. The van der Waals surface area contributed by atoms with Gasteiger partial charge in [0.25, 0.3) is 5.91 Å². The minimum atomic E-state index is -0.181. The van der Waals surface area contributed by atoms with Crippen molar-refractivity contribution in [3.05, 3.63) is 66.2 Å². The van der Waals surface area contributed by atoms with Crippen LogP contribution in [0.4, 0.5) is 5.69 Å². The van der Waals surface area contributed by atoms with Crippen LogP contribution in [0.25, 0.3) is 0 Å². The third-order valence-corrected chi connectivity index (χ3v) is 3.43. The minimum Gasteiger partial charge on any atom is -0.493 e. The zero-order chi connectivity index (χ0) is 16.7. The van der Waals surface area contributed by atoms with Crippen LogP contribution in [-0.4, -0.2) is 19.6 Å². The number of ether oxygens (including phenoxy) is 2. The Hall–Kier alpha value is -2.75. The first-order valence-corrected chi connectivity index (χ1v) is 7.50. The number of para-hydroxylation sites is 1. The van der Waals surface area contributed by atoms with E-state index in [1.807, 2.05) is 24.3 Å². The summed E-state index contributed by atoms with van der Waals surface area (Å²) in [7, 11) is 1.55. The van der Waals surface area contributed by atoms with Gasteiger partial charge in [-0.25, -0.2) is 0 Å². The first kappa shape index (κ1) is 16.6. The Morgan fingerprint density at radius 3 is 2.70 bits per heavy atom. The fourth-order valence-electron chi connectivity index (χ4n) is 2.22. The van der Waals surface area contributed by atoms with Crippen molar-refractivity contribution in [2.24, 2.45) is 0 Å². The fraction of sp³-hybridized carbons (Fsp3) is 0.211. The molecule has 0 saturated carbocycles. The monoisotopic (exact) mass is 311 g/mol. The molecule has 0 atom stereocenters. The van der Waals surface area contributed by atoms with Crippen LogP contribution in [0.15, 0.2) is 55.1 Å². The van der Waals surface area contributed by atoms with Crippen LogP contribution in [0.3, 0.4) is 0 Å². The number of benzene rings is 2. The number of hydrogen-bond donors (Lipinski definition) is 1. The molecule has 0 fully saturated rings. The summed E-state index contributed by atoms with van der Waals surface area (Å²) in [5.41, 5.74) is 2.43. The Balaban J connectivity index is 2.20. The second kappa shape index (κ2) is 8.03. The highest BCUT2D eigenvalue weighted by molar-refractivity contribution is 6.05. The minimum absolute atomic E-state index is 0.181. The zero-order valence-electron chi connectivity index (χ0n) is 13.5. The van der Waals surface area contributed by atoms with Gasteiger partial charge in [-0.3, -0.25) is 4.79 Å². The topological polar surface area (TPSA) is 47.6 Å². The fourth-order valence-corrected chi connectivity index (χ4v) is 2.22. The maximum absolute atomic E-state index is 12.5. The number of hydrogen-bond acceptors (Lipinski definition) is 3. The van der Waals surface area contributed by atoms with Crippen molar-refractivity contribution in [3.63, 3.8) is 0 Å². The molecule has 2 aromatic carbocycles. The Bertz CT molecular complexity index is 695. The normalized spacial score (nSPS) is 10.0. The van der Waals surface area contributed by atoms with E-state index >= 15 is 0 Å². The maximum atomic E-state index is 12.5. The lowest BCUT2D eigenvalue weighted by Crippen LogP contribution is -2.13. The van der Waals surface area contributed by atoms with Crippen LogP contribution in [0.1, 0.15) is 22.8 Å². The van der Waals surface area contributed by atoms with Crippen LogP contribution in [0.5, 0.6) is 11.5 Å². The van der Waals surface area contributed by atoms with Gasteiger partial charge in [-0.15, -0.1) is 0 Å². The molecule has 0 heterocycles. The van der Waals surface area contributed by atoms with Crippen LogP contribution >= 0.6 is 0 Å². The van der Waals surface area contributed by atoms with E-state index in [2.05, 4.69) is 18.8 Å². The number of amides is 1. The predicted octanol–water partition coefficient (Wildman–Crippen LogP) is 4.07. The second-order valence-corrected chi connectivity index (χ2v) is 4.93. The molecule has 0 unspecified atom stereocenters. The lowest BCUT2D eigenvalue weighted by molar-refractivity contribution is 0.102. The van der Waals surface area contributed by atoms with Gasteiger partial charge < -0.3 is 14.8 Å². The Kier molecular flexibility index (Phi) is 5.80. The van der Waals surface area contributed by atoms with Gasteiger partial charge in [0.15, 0.2) is 11.5 Å². The summed E-state index contributed by atoms with van der Waals surface area (Å²) in [6.45, 7) is 6.05.